The first-order valence-corrected chi connectivity index (χ1v) is 11.9. The molecule has 0 radical (unpaired) electrons. The number of carbonyl (C=O) groups excluding carboxylic acids is 2. The van der Waals surface area contributed by atoms with E-state index in [1.165, 1.54) is 49.5 Å². The van der Waals surface area contributed by atoms with Crippen LogP contribution in [0.4, 0.5) is 5.69 Å². The second-order valence-electron chi connectivity index (χ2n) is 8.72. The maximum absolute atomic E-state index is 13.2. The van der Waals surface area contributed by atoms with E-state index in [1.807, 2.05) is 0 Å². The second-order valence-corrected chi connectivity index (χ2v) is 8.72. The summed E-state index contributed by atoms with van der Waals surface area (Å²) in [5.74, 6) is -1.12. The van der Waals surface area contributed by atoms with Crippen LogP contribution in [0.25, 0.3) is 5.76 Å². The zero-order chi connectivity index (χ0) is 26.5. The summed E-state index contributed by atoms with van der Waals surface area (Å²) in [5.41, 5.74) is 0.555. The number of ether oxygens (including phenoxy) is 3. The normalized spacial score (nSPS) is 19.7. The summed E-state index contributed by atoms with van der Waals surface area (Å²) < 4.78 is 15.9. The summed E-state index contributed by atoms with van der Waals surface area (Å²) in [6.45, 7) is 3.88. The van der Waals surface area contributed by atoms with Crippen molar-refractivity contribution in [2.75, 3.05) is 53.6 Å². The Morgan fingerprint density at radius 2 is 1.73 bits per heavy atom. The average Bonchev–Trinajstić information content (AvgIpc) is 3.18. The number of morpholine rings is 1. The number of benzene rings is 2. The van der Waals surface area contributed by atoms with Crippen LogP contribution in [0.15, 0.2) is 48.0 Å². The van der Waals surface area contributed by atoms with Gasteiger partial charge in [-0.25, -0.2) is 0 Å². The molecule has 0 saturated carbocycles. The van der Waals surface area contributed by atoms with Crippen molar-refractivity contribution in [3.05, 3.63) is 69.3 Å². The van der Waals surface area contributed by atoms with E-state index in [4.69, 9.17) is 14.2 Å². The summed E-state index contributed by atoms with van der Waals surface area (Å²) in [6.07, 6.45) is 0.604. The van der Waals surface area contributed by atoms with E-state index in [-0.39, 0.29) is 29.1 Å². The van der Waals surface area contributed by atoms with Crippen molar-refractivity contribution in [2.24, 2.45) is 0 Å². The van der Waals surface area contributed by atoms with Gasteiger partial charge in [0.05, 0.1) is 44.0 Å². The van der Waals surface area contributed by atoms with Gasteiger partial charge < -0.3 is 24.2 Å². The zero-order valence-electron chi connectivity index (χ0n) is 20.7. The van der Waals surface area contributed by atoms with Crippen LogP contribution < -0.4 is 9.47 Å². The molecule has 11 heteroatoms. The van der Waals surface area contributed by atoms with Crippen LogP contribution in [-0.2, 0) is 14.3 Å². The fraction of sp³-hybridized carbons (Fsp3) is 0.385. The van der Waals surface area contributed by atoms with Gasteiger partial charge in [0.15, 0.2) is 11.5 Å². The minimum Gasteiger partial charge on any atom is -0.507 e. The smallest absolute Gasteiger partial charge is 0.295 e. The number of methoxy groups -OCH3 is 2. The molecule has 0 spiro atoms. The number of hydrogen-bond donors (Lipinski definition) is 1. The van der Waals surface area contributed by atoms with Crippen molar-refractivity contribution < 1.29 is 33.8 Å². The molecule has 196 valence electrons. The van der Waals surface area contributed by atoms with E-state index in [0.29, 0.717) is 36.7 Å². The van der Waals surface area contributed by atoms with E-state index in [2.05, 4.69) is 4.90 Å². The van der Waals surface area contributed by atoms with Crippen molar-refractivity contribution in [2.45, 2.75) is 12.5 Å². The molecular formula is C26H29N3O8. The minimum absolute atomic E-state index is 0.0857. The number of ketones is 1. The van der Waals surface area contributed by atoms with E-state index in [1.54, 1.807) is 12.1 Å². The summed E-state index contributed by atoms with van der Waals surface area (Å²) >= 11 is 0. The Labute approximate surface area is 214 Å². The van der Waals surface area contributed by atoms with Gasteiger partial charge in [-0.3, -0.25) is 24.6 Å². The Morgan fingerprint density at radius 1 is 1.05 bits per heavy atom. The average molecular weight is 512 g/mol. The third-order valence-corrected chi connectivity index (χ3v) is 6.59. The monoisotopic (exact) mass is 511 g/mol. The molecule has 37 heavy (non-hydrogen) atoms. The minimum atomic E-state index is -0.904. The number of amides is 1. The predicted molar refractivity (Wildman–Crippen MR) is 134 cm³/mol. The number of nitro groups is 1. The molecule has 2 aliphatic heterocycles. The van der Waals surface area contributed by atoms with Gasteiger partial charge in [-0.15, -0.1) is 0 Å². The molecule has 11 nitrogen and oxygen atoms in total. The van der Waals surface area contributed by atoms with E-state index in [0.717, 1.165) is 19.6 Å². The summed E-state index contributed by atoms with van der Waals surface area (Å²) in [4.78, 5) is 40.7. The molecule has 2 aromatic carbocycles. The fourth-order valence-electron chi connectivity index (χ4n) is 4.66. The number of Topliss-reactive ketones (excluding diaryl/α,β-unsaturated/α-hetero) is 1. The molecule has 2 aromatic rings. The first-order chi connectivity index (χ1) is 17.8. The Balaban J connectivity index is 1.72. The number of rotatable bonds is 9. The molecule has 2 fully saturated rings. The fourth-order valence-corrected chi connectivity index (χ4v) is 4.66. The molecule has 0 unspecified atom stereocenters. The van der Waals surface area contributed by atoms with Crippen LogP contribution in [0, 0.1) is 10.1 Å². The predicted octanol–water partition coefficient (Wildman–Crippen LogP) is 2.76. The number of aliphatic hydroxyl groups excluding tert-OH is 1. The van der Waals surface area contributed by atoms with Crippen LogP contribution in [0.2, 0.25) is 0 Å². The van der Waals surface area contributed by atoms with Crippen molar-refractivity contribution in [3.8, 4) is 11.5 Å². The highest BCUT2D eigenvalue weighted by atomic mass is 16.6. The standard InChI is InChI=1S/C26H29N3O8/c1-35-20-9-6-18(16-21(20)36-2)24(30)22-23(17-4-7-19(8-5-17)29(33)34)28(26(32)25(22)31)11-3-10-27-12-14-37-15-13-27/h4-9,16,23,30H,3,10-15H2,1-2H3/b24-22+/t23-/m0/s1. The third kappa shape index (κ3) is 5.42. The Kier molecular flexibility index (Phi) is 8.04. The molecule has 1 atom stereocenters. The van der Waals surface area contributed by atoms with Crippen molar-refractivity contribution in [3.63, 3.8) is 0 Å². The highest BCUT2D eigenvalue weighted by Gasteiger charge is 2.46. The van der Waals surface area contributed by atoms with E-state index >= 15 is 0 Å². The number of aliphatic hydroxyl groups is 1. The molecule has 1 N–H and O–H groups in total. The lowest BCUT2D eigenvalue weighted by atomic mass is 9.95. The lowest BCUT2D eigenvalue weighted by Gasteiger charge is -2.29. The maximum atomic E-state index is 13.2. The van der Waals surface area contributed by atoms with Gasteiger partial charge >= 0.3 is 0 Å². The third-order valence-electron chi connectivity index (χ3n) is 6.59. The first-order valence-electron chi connectivity index (χ1n) is 11.9. The molecule has 0 aromatic heterocycles. The van der Waals surface area contributed by atoms with E-state index < -0.39 is 22.7 Å². The van der Waals surface area contributed by atoms with Crippen molar-refractivity contribution in [1.29, 1.82) is 0 Å². The second kappa shape index (κ2) is 11.4. The van der Waals surface area contributed by atoms with Crippen LogP contribution >= 0.6 is 0 Å². The molecule has 2 aliphatic rings. The van der Waals surface area contributed by atoms with Crippen LogP contribution in [-0.4, -0.2) is 85.1 Å². The lowest BCUT2D eigenvalue weighted by molar-refractivity contribution is -0.384. The number of hydrogen-bond acceptors (Lipinski definition) is 9. The number of likely N-dealkylation sites (tertiary alicyclic amines) is 1. The maximum Gasteiger partial charge on any atom is 0.295 e. The topological polar surface area (TPSA) is 132 Å². The molecule has 0 bridgehead atoms. The number of carbonyl (C=O) groups is 2. The van der Waals surface area contributed by atoms with Gasteiger partial charge in [0.25, 0.3) is 17.4 Å². The molecule has 1 amide bonds. The summed E-state index contributed by atoms with van der Waals surface area (Å²) in [6, 6.07) is 9.42. The molecule has 2 saturated heterocycles. The highest BCUT2D eigenvalue weighted by Crippen LogP contribution is 2.41. The van der Waals surface area contributed by atoms with Gasteiger partial charge in [0.1, 0.15) is 5.76 Å². The Bertz CT molecular complexity index is 1200. The number of nitrogens with zero attached hydrogens (tertiary/aromatic N) is 3. The molecule has 2 heterocycles. The van der Waals surface area contributed by atoms with Gasteiger partial charge in [-0.2, -0.15) is 0 Å². The number of nitro benzene ring substituents is 1. The van der Waals surface area contributed by atoms with Crippen LogP contribution in [0.5, 0.6) is 11.5 Å². The van der Waals surface area contributed by atoms with Gasteiger partial charge in [0, 0.05) is 43.9 Å². The SMILES string of the molecule is COc1ccc(/C(O)=C2\C(=O)C(=O)N(CCCN3CCOCC3)[C@H]2c2ccc([N+](=O)[O-])cc2)cc1OC. The van der Waals surface area contributed by atoms with Crippen molar-refractivity contribution in [1.82, 2.24) is 9.80 Å². The highest BCUT2D eigenvalue weighted by molar-refractivity contribution is 6.46. The van der Waals surface area contributed by atoms with Crippen molar-refractivity contribution >= 4 is 23.1 Å². The molecule has 0 aliphatic carbocycles. The van der Waals surface area contributed by atoms with Gasteiger partial charge in [-0.1, -0.05) is 0 Å². The van der Waals surface area contributed by atoms with Gasteiger partial charge in [-0.05, 0) is 42.3 Å². The largest absolute Gasteiger partial charge is 0.507 e. The lowest BCUT2D eigenvalue weighted by Crippen LogP contribution is -2.38. The Morgan fingerprint density at radius 3 is 2.35 bits per heavy atom. The van der Waals surface area contributed by atoms with Crippen LogP contribution in [0.3, 0.4) is 0 Å². The zero-order valence-corrected chi connectivity index (χ0v) is 20.7. The van der Waals surface area contributed by atoms with Crippen LogP contribution in [0.1, 0.15) is 23.6 Å². The number of non-ortho nitro benzene ring substituents is 1. The Hall–Kier alpha value is -3.96. The van der Waals surface area contributed by atoms with Gasteiger partial charge in [0.2, 0.25) is 0 Å². The first kappa shape index (κ1) is 26.1. The summed E-state index contributed by atoms with van der Waals surface area (Å²) in [7, 11) is 2.93. The summed E-state index contributed by atoms with van der Waals surface area (Å²) in [5, 5.41) is 22.4. The quantitative estimate of drug-likeness (QED) is 0.177. The van der Waals surface area contributed by atoms with E-state index in [9.17, 15) is 24.8 Å². The molecular weight excluding hydrogens is 482 g/mol. The molecule has 4 rings (SSSR count).